The van der Waals surface area contributed by atoms with E-state index in [0.717, 1.165) is 25.7 Å². The summed E-state index contributed by atoms with van der Waals surface area (Å²) < 4.78 is 10.5. The fourth-order valence-electron chi connectivity index (χ4n) is 2.03. The van der Waals surface area contributed by atoms with E-state index in [1.807, 2.05) is 7.05 Å². The van der Waals surface area contributed by atoms with Crippen molar-refractivity contribution in [3.63, 3.8) is 0 Å². The minimum Gasteiger partial charge on any atom is -0.468 e. The van der Waals surface area contributed by atoms with E-state index in [2.05, 4.69) is 10.2 Å². The van der Waals surface area contributed by atoms with Gasteiger partial charge in [-0.1, -0.05) is 0 Å². The second-order valence-corrected chi connectivity index (χ2v) is 5.80. The summed E-state index contributed by atoms with van der Waals surface area (Å²) in [5.74, 6) is 0.641. The molecular formula is C14H26N2O3. The minimum absolute atomic E-state index is 0.169. The van der Waals surface area contributed by atoms with E-state index >= 15 is 0 Å². The van der Waals surface area contributed by atoms with Gasteiger partial charge in [0.15, 0.2) is 0 Å². The molecular weight excluding hydrogens is 244 g/mol. The molecule has 2 aliphatic carbocycles. The number of hydrogen-bond donors (Lipinski definition) is 1. The fourth-order valence-corrected chi connectivity index (χ4v) is 2.03. The van der Waals surface area contributed by atoms with E-state index in [-0.39, 0.29) is 12.0 Å². The van der Waals surface area contributed by atoms with Gasteiger partial charge >= 0.3 is 5.97 Å². The predicted octanol–water partition coefficient (Wildman–Crippen LogP) is 0.638. The Hall–Kier alpha value is -0.650. The summed E-state index contributed by atoms with van der Waals surface area (Å²) in [4.78, 5) is 13.8. The van der Waals surface area contributed by atoms with Crippen molar-refractivity contribution in [1.82, 2.24) is 10.2 Å². The van der Waals surface area contributed by atoms with Crippen LogP contribution in [0.1, 0.15) is 25.7 Å². The summed E-state index contributed by atoms with van der Waals surface area (Å²) in [5.41, 5.74) is 0. The third-order valence-corrected chi connectivity index (χ3v) is 3.66. The molecule has 0 aromatic rings. The van der Waals surface area contributed by atoms with Gasteiger partial charge in [0.05, 0.1) is 13.7 Å². The Balaban J connectivity index is 1.61. The van der Waals surface area contributed by atoms with Crippen LogP contribution in [0.2, 0.25) is 0 Å². The Labute approximate surface area is 115 Å². The lowest BCUT2D eigenvalue weighted by molar-refractivity contribution is -0.143. The van der Waals surface area contributed by atoms with Gasteiger partial charge in [-0.25, -0.2) is 0 Å². The smallest absolute Gasteiger partial charge is 0.324 e. The molecule has 0 aromatic heterocycles. The molecule has 0 bridgehead atoms. The first-order valence-electron chi connectivity index (χ1n) is 7.29. The van der Waals surface area contributed by atoms with Gasteiger partial charge in [-0.15, -0.1) is 0 Å². The van der Waals surface area contributed by atoms with Gasteiger partial charge in [-0.05, 0) is 38.6 Å². The SMILES string of the molecule is COC(=O)C(CN(C)CCOCC1CC1)NC1CC1. The molecule has 2 saturated carbocycles. The van der Waals surface area contributed by atoms with Crippen LogP contribution in [0.25, 0.3) is 0 Å². The molecule has 0 saturated heterocycles. The zero-order valence-corrected chi connectivity index (χ0v) is 12.1. The minimum atomic E-state index is -0.217. The summed E-state index contributed by atoms with van der Waals surface area (Å²) in [6.07, 6.45) is 4.99. The number of methoxy groups -OCH3 is 1. The fraction of sp³-hybridized carbons (Fsp3) is 0.929. The molecule has 110 valence electrons. The number of carbonyl (C=O) groups excluding carboxylic acids is 1. The molecule has 0 heterocycles. The van der Waals surface area contributed by atoms with Crippen LogP contribution in [-0.4, -0.2) is 63.4 Å². The first-order valence-corrected chi connectivity index (χ1v) is 7.29. The maximum Gasteiger partial charge on any atom is 0.324 e. The van der Waals surface area contributed by atoms with Crippen LogP contribution in [0.4, 0.5) is 0 Å². The van der Waals surface area contributed by atoms with E-state index in [0.29, 0.717) is 12.6 Å². The van der Waals surface area contributed by atoms with Crippen LogP contribution in [0.5, 0.6) is 0 Å². The number of esters is 1. The lowest BCUT2D eigenvalue weighted by Gasteiger charge is -2.23. The number of rotatable bonds is 10. The molecule has 0 aliphatic heterocycles. The van der Waals surface area contributed by atoms with Crippen LogP contribution >= 0.6 is 0 Å². The lowest BCUT2D eigenvalue weighted by atomic mass is 10.2. The highest BCUT2D eigenvalue weighted by atomic mass is 16.5. The number of ether oxygens (including phenoxy) is 2. The molecule has 0 radical (unpaired) electrons. The second-order valence-electron chi connectivity index (χ2n) is 5.80. The zero-order valence-electron chi connectivity index (χ0n) is 12.1. The van der Waals surface area contributed by atoms with Crippen molar-refractivity contribution in [2.45, 2.75) is 37.8 Å². The quantitative estimate of drug-likeness (QED) is 0.466. The van der Waals surface area contributed by atoms with Gasteiger partial charge in [0.1, 0.15) is 6.04 Å². The molecule has 0 amide bonds. The lowest BCUT2D eigenvalue weighted by Crippen LogP contribution is -2.47. The van der Waals surface area contributed by atoms with Crippen molar-refractivity contribution >= 4 is 5.97 Å². The number of carbonyl (C=O) groups is 1. The van der Waals surface area contributed by atoms with E-state index in [1.54, 1.807) is 0 Å². The summed E-state index contributed by atoms with van der Waals surface area (Å²) >= 11 is 0. The van der Waals surface area contributed by atoms with Crippen molar-refractivity contribution in [2.24, 2.45) is 5.92 Å². The molecule has 1 atom stereocenters. The third kappa shape index (κ3) is 5.89. The molecule has 2 rings (SSSR count). The van der Waals surface area contributed by atoms with Gasteiger partial charge in [0.2, 0.25) is 0 Å². The van der Waals surface area contributed by atoms with Gasteiger partial charge in [0.25, 0.3) is 0 Å². The average molecular weight is 270 g/mol. The van der Waals surface area contributed by atoms with Crippen molar-refractivity contribution in [1.29, 1.82) is 0 Å². The van der Waals surface area contributed by atoms with Crippen LogP contribution in [0.15, 0.2) is 0 Å². The van der Waals surface area contributed by atoms with E-state index in [9.17, 15) is 4.79 Å². The highest BCUT2D eigenvalue weighted by Crippen LogP contribution is 2.28. The summed E-state index contributed by atoms with van der Waals surface area (Å²) in [6.45, 7) is 3.17. The predicted molar refractivity (Wildman–Crippen MR) is 73.0 cm³/mol. The maximum atomic E-state index is 11.7. The van der Waals surface area contributed by atoms with Crippen molar-refractivity contribution < 1.29 is 14.3 Å². The maximum absolute atomic E-state index is 11.7. The first-order chi connectivity index (χ1) is 9.19. The highest BCUT2D eigenvalue weighted by Gasteiger charge is 2.29. The number of nitrogens with one attached hydrogen (secondary N) is 1. The Kier molecular flexibility index (Phi) is 5.60. The van der Waals surface area contributed by atoms with Crippen LogP contribution < -0.4 is 5.32 Å². The molecule has 1 N–H and O–H groups in total. The Bertz CT molecular complexity index is 290. The van der Waals surface area contributed by atoms with Crippen molar-refractivity contribution in [2.75, 3.05) is 40.5 Å². The normalized spacial score (nSPS) is 20.6. The largest absolute Gasteiger partial charge is 0.468 e. The number of likely N-dealkylation sites (N-methyl/N-ethyl adjacent to an activating group) is 1. The van der Waals surface area contributed by atoms with E-state index < -0.39 is 0 Å². The first kappa shape index (κ1) is 14.8. The molecule has 0 aromatic carbocycles. The molecule has 2 fully saturated rings. The second kappa shape index (κ2) is 7.22. The monoisotopic (exact) mass is 270 g/mol. The zero-order chi connectivity index (χ0) is 13.7. The Morgan fingerprint density at radius 3 is 2.68 bits per heavy atom. The number of nitrogens with zero attached hydrogens (tertiary/aromatic N) is 1. The Morgan fingerprint density at radius 2 is 2.11 bits per heavy atom. The summed E-state index contributed by atoms with van der Waals surface area (Å²) in [6, 6.07) is 0.287. The standard InChI is InChI=1S/C14H26N2O3/c1-16(7-8-19-10-11-3-4-11)9-13(14(17)18-2)15-12-5-6-12/h11-13,15H,3-10H2,1-2H3. The van der Waals surface area contributed by atoms with E-state index in [4.69, 9.17) is 9.47 Å². The molecule has 0 spiro atoms. The highest BCUT2D eigenvalue weighted by molar-refractivity contribution is 5.76. The molecule has 2 aliphatic rings. The summed E-state index contributed by atoms with van der Waals surface area (Å²) in [7, 11) is 3.47. The van der Waals surface area contributed by atoms with Crippen LogP contribution in [0.3, 0.4) is 0 Å². The van der Waals surface area contributed by atoms with Gasteiger partial charge in [-0.3, -0.25) is 4.79 Å². The van der Waals surface area contributed by atoms with Gasteiger partial charge in [0, 0.05) is 25.7 Å². The van der Waals surface area contributed by atoms with E-state index in [1.165, 1.54) is 32.8 Å². The molecule has 5 nitrogen and oxygen atoms in total. The topological polar surface area (TPSA) is 50.8 Å². The van der Waals surface area contributed by atoms with Gasteiger partial charge in [-0.2, -0.15) is 0 Å². The molecule has 1 unspecified atom stereocenters. The van der Waals surface area contributed by atoms with Gasteiger partial charge < -0.3 is 19.7 Å². The Morgan fingerprint density at radius 1 is 1.37 bits per heavy atom. The number of hydrogen-bond acceptors (Lipinski definition) is 5. The third-order valence-electron chi connectivity index (χ3n) is 3.66. The van der Waals surface area contributed by atoms with Crippen LogP contribution in [-0.2, 0) is 14.3 Å². The molecule has 19 heavy (non-hydrogen) atoms. The van der Waals surface area contributed by atoms with Crippen LogP contribution in [0, 0.1) is 5.92 Å². The van der Waals surface area contributed by atoms with Crippen molar-refractivity contribution in [3.8, 4) is 0 Å². The molecule has 5 heteroatoms. The average Bonchev–Trinajstić information content (AvgIpc) is 3.26. The van der Waals surface area contributed by atoms with Crippen molar-refractivity contribution in [3.05, 3.63) is 0 Å². The summed E-state index contributed by atoms with van der Waals surface area (Å²) in [5, 5.41) is 3.33.